The molecule has 1 N–H and O–H groups in total. The molecule has 0 radical (unpaired) electrons. The van der Waals surface area contributed by atoms with Crippen LogP contribution in [0.4, 0.5) is 0 Å². The molecule has 2 nitrogen and oxygen atoms in total. The highest BCUT2D eigenvalue weighted by molar-refractivity contribution is 5.79. The Morgan fingerprint density at radius 3 is 2.00 bits per heavy atom. The molecule has 0 aliphatic heterocycles. The van der Waals surface area contributed by atoms with Gasteiger partial charge in [0, 0.05) is 5.92 Å². The highest BCUT2D eigenvalue weighted by Gasteiger charge is 2.18. The van der Waals surface area contributed by atoms with Gasteiger partial charge in [-0.2, -0.15) is 0 Å². The number of hydrogen-bond acceptors (Lipinski definition) is 1. The third-order valence-electron chi connectivity index (χ3n) is 2.74. The lowest BCUT2D eigenvalue weighted by atomic mass is 9.97. The number of hydrogen-bond donors (Lipinski definition) is 1. The Kier molecular flexibility index (Phi) is 8.71. The minimum atomic E-state index is -0.0892. The first-order chi connectivity index (χ1) is 7.69. The maximum Gasteiger partial charge on any atom is 0.224 e. The number of carbonyl (C=O) groups excluding carboxylic acids is 1. The van der Waals surface area contributed by atoms with Crippen LogP contribution in [0.1, 0.15) is 59.3 Å². The minimum absolute atomic E-state index is 0.0892. The number of carbonyl (C=O) groups is 1. The van der Waals surface area contributed by atoms with Gasteiger partial charge in [-0.25, -0.2) is 0 Å². The number of rotatable bonds is 8. The van der Waals surface area contributed by atoms with Gasteiger partial charge < -0.3 is 5.32 Å². The van der Waals surface area contributed by atoms with E-state index in [9.17, 15) is 4.79 Å². The zero-order valence-corrected chi connectivity index (χ0v) is 10.9. The van der Waals surface area contributed by atoms with Crippen molar-refractivity contribution in [2.45, 2.75) is 65.3 Å². The fourth-order valence-electron chi connectivity index (χ4n) is 1.88. The van der Waals surface area contributed by atoms with Gasteiger partial charge in [-0.05, 0) is 19.3 Å². The molecule has 1 amide bonds. The predicted molar refractivity (Wildman–Crippen MR) is 69.0 cm³/mol. The summed E-state index contributed by atoms with van der Waals surface area (Å²) < 4.78 is 0. The second kappa shape index (κ2) is 9.27. The van der Waals surface area contributed by atoms with E-state index in [1.54, 1.807) is 0 Å². The predicted octanol–water partition coefficient (Wildman–Crippen LogP) is 3.12. The third kappa shape index (κ3) is 5.80. The van der Waals surface area contributed by atoms with Crippen molar-refractivity contribution in [3.8, 4) is 12.3 Å². The van der Waals surface area contributed by atoms with Crippen LogP contribution >= 0.6 is 0 Å². The molecule has 0 rings (SSSR count). The fourth-order valence-corrected chi connectivity index (χ4v) is 1.88. The molecule has 0 heterocycles. The lowest BCUT2D eigenvalue weighted by Crippen LogP contribution is -2.38. The molecule has 0 aliphatic rings. The summed E-state index contributed by atoms with van der Waals surface area (Å²) >= 11 is 0. The molecule has 0 saturated carbocycles. The summed E-state index contributed by atoms with van der Waals surface area (Å²) in [6, 6.07) is -0.0892. The smallest absolute Gasteiger partial charge is 0.224 e. The van der Waals surface area contributed by atoms with E-state index in [1.165, 1.54) is 0 Å². The molecule has 1 atom stereocenters. The van der Waals surface area contributed by atoms with Crippen molar-refractivity contribution < 1.29 is 4.79 Å². The molecule has 0 aliphatic carbocycles. The van der Waals surface area contributed by atoms with Crippen LogP contribution in [0.5, 0.6) is 0 Å². The molecule has 0 aromatic heterocycles. The molecule has 0 aromatic rings. The van der Waals surface area contributed by atoms with Crippen molar-refractivity contribution in [3.63, 3.8) is 0 Å². The van der Waals surface area contributed by atoms with Crippen LogP contribution in [0.25, 0.3) is 0 Å². The second-order valence-electron chi connectivity index (χ2n) is 4.29. The summed E-state index contributed by atoms with van der Waals surface area (Å²) in [4.78, 5) is 12.0. The van der Waals surface area contributed by atoms with Gasteiger partial charge in [0.1, 0.15) is 0 Å². The van der Waals surface area contributed by atoms with Crippen LogP contribution < -0.4 is 5.32 Å². The van der Waals surface area contributed by atoms with Crippen molar-refractivity contribution in [1.29, 1.82) is 0 Å². The number of amides is 1. The van der Waals surface area contributed by atoms with E-state index in [-0.39, 0.29) is 17.9 Å². The summed E-state index contributed by atoms with van der Waals surface area (Å²) in [6.07, 6.45) is 11.3. The Morgan fingerprint density at radius 2 is 1.62 bits per heavy atom. The zero-order chi connectivity index (χ0) is 12.4. The van der Waals surface area contributed by atoms with Crippen LogP contribution in [-0.2, 0) is 4.79 Å². The van der Waals surface area contributed by atoms with Gasteiger partial charge in [0.05, 0.1) is 6.04 Å². The van der Waals surface area contributed by atoms with Gasteiger partial charge in [-0.1, -0.05) is 46.0 Å². The second-order valence-corrected chi connectivity index (χ2v) is 4.29. The maximum absolute atomic E-state index is 12.0. The van der Waals surface area contributed by atoms with Gasteiger partial charge in [0.25, 0.3) is 0 Å². The maximum atomic E-state index is 12.0. The van der Waals surface area contributed by atoms with E-state index in [1.807, 2.05) is 0 Å². The lowest BCUT2D eigenvalue weighted by molar-refractivity contribution is -0.125. The van der Waals surface area contributed by atoms with Crippen molar-refractivity contribution in [1.82, 2.24) is 5.32 Å². The molecule has 16 heavy (non-hydrogen) atoms. The molecule has 0 fully saturated rings. The number of terminal acetylenes is 1. The van der Waals surface area contributed by atoms with E-state index < -0.39 is 0 Å². The molecule has 2 heteroatoms. The lowest BCUT2D eigenvalue weighted by Gasteiger charge is -2.18. The standard InChI is InChI=1S/C14H25NO/c1-5-9-12(10-6-2)14(16)15-13(8-4)11-7-3/h4,12-13H,5-7,9-11H2,1-3H3,(H,15,16). The van der Waals surface area contributed by atoms with E-state index in [0.717, 1.165) is 38.5 Å². The molecular weight excluding hydrogens is 198 g/mol. The minimum Gasteiger partial charge on any atom is -0.342 e. The average molecular weight is 223 g/mol. The Bertz CT molecular complexity index is 223. The number of nitrogens with one attached hydrogen (secondary N) is 1. The summed E-state index contributed by atoms with van der Waals surface area (Å²) in [5.41, 5.74) is 0. The summed E-state index contributed by atoms with van der Waals surface area (Å²) in [6.45, 7) is 6.30. The molecule has 0 spiro atoms. The summed E-state index contributed by atoms with van der Waals surface area (Å²) in [5.74, 6) is 2.92. The molecule has 0 saturated heterocycles. The van der Waals surface area contributed by atoms with Crippen LogP contribution in [0.2, 0.25) is 0 Å². The van der Waals surface area contributed by atoms with E-state index in [4.69, 9.17) is 6.42 Å². The van der Waals surface area contributed by atoms with Crippen LogP contribution in [-0.4, -0.2) is 11.9 Å². The first-order valence-electron chi connectivity index (χ1n) is 6.45. The average Bonchev–Trinajstić information content (AvgIpc) is 2.28. The fraction of sp³-hybridized carbons (Fsp3) is 0.786. The monoisotopic (exact) mass is 223 g/mol. The van der Waals surface area contributed by atoms with Crippen molar-refractivity contribution in [3.05, 3.63) is 0 Å². The van der Waals surface area contributed by atoms with Gasteiger partial charge in [0.15, 0.2) is 0 Å². The molecule has 92 valence electrons. The Labute approximate surface area is 100 Å². The molecule has 1 unspecified atom stereocenters. The Balaban J connectivity index is 4.21. The SMILES string of the molecule is C#CC(CCC)NC(=O)C(CCC)CCC. The van der Waals surface area contributed by atoms with E-state index in [0.29, 0.717) is 0 Å². The van der Waals surface area contributed by atoms with Crippen LogP contribution in [0.15, 0.2) is 0 Å². The highest BCUT2D eigenvalue weighted by Crippen LogP contribution is 2.14. The Morgan fingerprint density at radius 1 is 1.12 bits per heavy atom. The van der Waals surface area contributed by atoms with Crippen molar-refractivity contribution in [2.24, 2.45) is 5.92 Å². The highest BCUT2D eigenvalue weighted by atomic mass is 16.1. The van der Waals surface area contributed by atoms with Crippen LogP contribution in [0, 0.1) is 18.3 Å². The van der Waals surface area contributed by atoms with E-state index >= 15 is 0 Å². The quantitative estimate of drug-likeness (QED) is 0.629. The van der Waals surface area contributed by atoms with Gasteiger partial charge in [-0.15, -0.1) is 6.42 Å². The third-order valence-corrected chi connectivity index (χ3v) is 2.74. The summed E-state index contributed by atoms with van der Waals surface area (Å²) in [7, 11) is 0. The van der Waals surface area contributed by atoms with Crippen molar-refractivity contribution in [2.75, 3.05) is 0 Å². The first-order valence-corrected chi connectivity index (χ1v) is 6.45. The zero-order valence-electron chi connectivity index (χ0n) is 10.9. The van der Waals surface area contributed by atoms with E-state index in [2.05, 4.69) is 32.0 Å². The van der Waals surface area contributed by atoms with Gasteiger partial charge >= 0.3 is 0 Å². The van der Waals surface area contributed by atoms with Gasteiger partial charge in [0.2, 0.25) is 5.91 Å². The molecule has 0 bridgehead atoms. The summed E-state index contributed by atoms with van der Waals surface area (Å²) in [5, 5.41) is 2.96. The largest absolute Gasteiger partial charge is 0.342 e. The topological polar surface area (TPSA) is 29.1 Å². The van der Waals surface area contributed by atoms with Crippen LogP contribution in [0.3, 0.4) is 0 Å². The Hall–Kier alpha value is -0.970. The van der Waals surface area contributed by atoms with Gasteiger partial charge in [-0.3, -0.25) is 4.79 Å². The molecular formula is C14H25NO. The van der Waals surface area contributed by atoms with Crippen molar-refractivity contribution >= 4 is 5.91 Å². The normalized spacial score (nSPS) is 12.2. The first kappa shape index (κ1) is 15.0. The molecule has 0 aromatic carbocycles.